The first-order chi connectivity index (χ1) is 9.13. The molecule has 19 heavy (non-hydrogen) atoms. The standard InChI is InChI=1S/C14H18O5/c1-9(14(15)16)7-10-3-4-12-13(11(10)8-17-2)19-6-5-18-12/h3-4,9H,5-8H2,1-2H3,(H,15,16). The SMILES string of the molecule is COCc1c(CC(C)C(=O)O)ccc2c1OCCO2. The number of carboxylic acid groups (broad SMARTS) is 1. The van der Waals surface area contributed by atoms with Gasteiger partial charge in [-0.2, -0.15) is 0 Å². The van der Waals surface area contributed by atoms with Gasteiger partial charge >= 0.3 is 5.97 Å². The number of hydrogen-bond donors (Lipinski definition) is 1. The Balaban J connectivity index is 2.34. The molecule has 0 spiro atoms. The van der Waals surface area contributed by atoms with Gasteiger partial charge in [-0.1, -0.05) is 13.0 Å². The maximum absolute atomic E-state index is 11.0. The Morgan fingerprint density at radius 3 is 2.84 bits per heavy atom. The molecular formula is C14H18O5. The molecule has 1 aromatic rings. The summed E-state index contributed by atoms with van der Waals surface area (Å²) in [6.07, 6.45) is 0.449. The Kier molecular flexibility index (Phi) is 4.27. The zero-order chi connectivity index (χ0) is 13.8. The third-order valence-corrected chi connectivity index (χ3v) is 3.15. The fraction of sp³-hybridized carbons (Fsp3) is 0.500. The van der Waals surface area contributed by atoms with Crippen molar-refractivity contribution in [3.8, 4) is 11.5 Å². The normalized spacial score (nSPS) is 15.1. The van der Waals surface area contributed by atoms with Crippen LogP contribution in [0.4, 0.5) is 0 Å². The molecular weight excluding hydrogens is 248 g/mol. The number of carbonyl (C=O) groups is 1. The van der Waals surface area contributed by atoms with Crippen LogP contribution in [-0.4, -0.2) is 31.4 Å². The molecule has 0 aliphatic carbocycles. The third kappa shape index (κ3) is 2.98. The number of methoxy groups -OCH3 is 1. The molecule has 1 N–H and O–H groups in total. The van der Waals surface area contributed by atoms with E-state index in [0.717, 1.165) is 11.1 Å². The topological polar surface area (TPSA) is 65.0 Å². The van der Waals surface area contributed by atoms with E-state index in [1.54, 1.807) is 14.0 Å². The van der Waals surface area contributed by atoms with Crippen LogP contribution in [0.25, 0.3) is 0 Å². The summed E-state index contributed by atoms with van der Waals surface area (Å²) in [7, 11) is 1.60. The van der Waals surface area contributed by atoms with Crippen LogP contribution in [0.15, 0.2) is 12.1 Å². The highest BCUT2D eigenvalue weighted by molar-refractivity contribution is 5.70. The molecule has 5 heteroatoms. The molecule has 1 aliphatic heterocycles. The molecule has 0 aromatic heterocycles. The lowest BCUT2D eigenvalue weighted by Gasteiger charge is -2.23. The van der Waals surface area contributed by atoms with Crippen molar-refractivity contribution in [1.82, 2.24) is 0 Å². The van der Waals surface area contributed by atoms with Gasteiger partial charge in [0.1, 0.15) is 13.2 Å². The molecule has 1 heterocycles. The number of hydrogen-bond acceptors (Lipinski definition) is 4. The molecule has 0 amide bonds. The minimum Gasteiger partial charge on any atom is -0.486 e. The van der Waals surface area contributed by atoms with Gasteiger partial charge in [0.15, 0.2) is 11.5 Å². The van der Waals surface area contributed by atoms with Crippen molar-refractivity contribution in [3.63, 3.8) is 0 Å². The monoisotopic (exact) mass is 266 g/mol. The Hall–Kier alpha value is -1.75. The molecule has 0 bridgehead atoms. The fourth-order valence-corrected chi connectivity index (χ4v) is 2.13. The van der Waals surface area contributed by atoms with E-state index in [9.17, 15) is 4.79 Å². The molecule has 0 saturated heterocycles. The first-order valence-corrected chi connectivity index (χ1v) is 6.25. The van der Waals surface area contributed by atoms with Gasteiger partial charge < -0.3 is 19.3 Å². The fourth-order valence-electron chi connectivity index (χ4n) is 2.13. The summed E-state index contributed by atoms with van der Waals surface area (Å²) in [5.41, 5.74) is 1.81. The van der Waals surface area contributed by atoms with Crippen LogP contribution in [0.3, 0.4) is 0 Å². The summed E-state index contributed by atoms with van der Waals surface area (Å²) >= 11 is 0. The lowest BCUT2D eigenvalue weighted by molar-refractivity contribution is -0.141. The maximum atomic E-state index is 11.0. The van der Waals surface area contributed by atoms with E-state index in [4.69, 9.17) is 19.3 Å². The van der Waals surface area contributed by atoms with E-state index < -0.39 is 11.9 Å². The highest BCUT2D eigenvalue weighted by Gasteiger charge is 2.21. The third-order valence-electron chi connectivity index (χ3n) is 3.15. The quantitative estimate of drug-likeness (QED) is 0.881. The summed E-state index contributed by atoms with van der Waals surface area (Å²) in [6.45, 7) is 3.11. The predicted octanol–water partition coefficient (Wildman–Crippen LogP) is 1.87. The Morgan fingerprint density at radius 1 is 1.42 bits per heavy atom. The van der Waals surface area contributed by atoms with E-state index in [1.165, 1.54) is 0 Å². The highest BCUT2D eigenvalue weighted by atomic mass is 16.6. The summed E-state index contributed by atoms with van der Waals surface area (Å²) in [6, 6.07) is 3.72. The van der Waals surface area contributed by atoms with Crippen LogP contribution < -0.4 is 9.47 Å². The van der Waals surface area contributed by atoms with Crippen molar-refractivity contribution in [2.45, 2.75) is 20.0 Å². The zero-order valence-corrected chi connectivity index (χ0v) is 11.1. The van der Waals surface area contributed by atoms with Crippen LogP contribution in [0.5, 0.6) is 11.5 Å². The lowest BCUT2D eigenvalue weighted by atomic mass is 9.96. The Morgan fingerprint density at radius 2 is 2.16 bits per heavy atom. The van der Waals surface area contributed by atoms with Crippen molar-refractivity contribution in [2.24, 2.45) is 5.92 Å². The summed E-state index contributed by atoms with van der Waals surface area (Å²) in [5.74, 6) is 0.129. The average Bonchev–Trinajstić information content (AvgIpc) is 2.41. The van der Waals surface area contributed by atoms with E-state index in [1.807, 2.05) is 12.1 Å². The minimum atomic E-state index is -0.807. The van der Waals surface area contributed by atoms with Gasteiger partial charge in [0.2, 0.25) is 0 Å². The van der Waals surface area contributed by atoms with E-state index in [0.29, 0.717) is 37.7 Å². The second-order valence-corrected chi connectivity index (χ2v) is 4.60. The molecule has 2 rings (SSSR count). The second-order valence-electron chi connectivity index (χ2n) is 4.60. The van der Waals surface area contributed by atoms with Crippen LogP contribution in [-0.2, 0) is 22.6 Å². The van der Waals surface area contributed by atoms with Gasteiger partial charge in [-0.25, -0.2) is 0 Å². The largest absolute Gasteiger partial charge is 0.486 e. The molecule has 5 nitrogen and oxygen atoms in total. The molecule has 104 valence electrons. The van der Waals surface area contributed by atoms with Crippen molar-refractivity contribution in [2.75, 3.05) is 20.3 Å². The Bertz CT molecular complexity index is 469. The van der Waals surface area contributed by atoms with Crippen LogP contribution >= 0.6 is 0 Å². The summed E-state index contributed by atoms with van der Waals surface area (Å²) < 4.78 is 16.4. The first-order valence-electron chi connectivity index (χ1n) is 6.25. The molecule has 0 radical (unpaired) electrons. The molecule has 0 fully saturated rings. The van der Waals surface area contributed by atoms with Crippen molar-refractivity contribution in [1.29, 1.82) is 0 Å². The number of rotatable bonds is 5. The van der Waals surface area contributed by atoms with Gasteiger partial charge in [0.05, 0.1) is 12.5 Å². The van der Waals surface area contributed by atoms with Crippen molar-refractivity contribution < 1.29 is 24.1 Å². The first kappa shape index (κ1) is 13.7. The number of ether oxygens (including phenoxy) is 3. The highest BCUT2D eigenvalue weighted by Crippen LogP contribution is 2.37. The number of aliphatic carboxylic acids is 1. The summed E-state index contributed by atoms with van der Waals surface area (Å²) in [5, 5.41) is 9.02. The second kappa shape index (κ2) is 5.93. The van der Waals surface area contributed by atoms with Crippen LogP contribution in [0, 0.1) is 5.92 Å². The van der Waals surface area contributed by atoms with Gasteiger partial charge in [-0.15, -0.1) is 0 Å². The number of benzene rings is 1. The average molecular weight is 266 g/mol. The molecule has 1 atom stereocenters. The smallest absolute Gasteiger partial charge is 0.306 e. The Labute approximate surface area is 112 Å². The van der Waals surface area contributed by atoms with E-state index in [-0.39, 0.29) is 0 Å². The molecule has 1 aliphatic rings. The van der Waals surface area contributed by atoms with Crippen molar-refractivity contribution in [3.05, 3.63) is 23.3 Å². The number of carboxylic acids is 1. The predicted molar refractivity (Wildman–Crippen MR) is 68.6 cm³/mol. The van der Waals surface area contributed by atoms with Gasteiger partial charge in [0.25, 0.3) is 0 Å². The van der Waals surface area contributed by atoms with Crippen LogP contribution in [0.2, 0.25) is 0 Å². The molecule has 1 aromatic carbocycles. The van der Waals surface area contributed by atoms with Gasteiger partial charge in [-0.3, -0.25) is 4.79 Å². The molecule has 0 saturated carbocycles. The van der Waals surface area contributed by atoms with Crippen LogP contribution in [0.1, 0.15) is 18.1 Å². The van der Waals surface area contributed by atoms with E-state index in [2.05, 4.69) is 0 Å². The molecule has 1 unspecified atom stereocenters. The zero-order valence-electron chi connectivity index (χ0n) is 11.1. The number of fused-ring (bicyclic) bond motifs is 1. The minimum absolute atomic E-state index is 0.383. The van der Waals surface area contributed by atoms with Gasteiger partial charge in [0, 0.05) is 12.7 Å². The maximum Gasteiger partial charge on any atom is 0.306 e. The van der Waals surface area contributed by atoms with Crippen molar-refractivity contribution >= 4 is 5.97 Å². The van der Waals surface area contributed by atoms with E-state index >= 15 is 0 Å². The van der Waals surface area contributed by atoms with Gasteiger partial charge in [-0.05, 0) is 18.1 Å². The summed E-state index contributed by atoms with van der Waals surface area (Å²) in [4.78, 5) is 11.0. The lowest BCUT2D eigenvalue weighted by Crippen LogP contribution is -2.19.